The van der Waals surface area contributed by atoms with Gasteiger partial charge in [0.15, 0.2) is 0 Å². The Hall–Kier alpha value is -3.09. The predicted octanol–water partition coefficient (Wildman–Crippen LogP) is 4.46. The van der Waals surface area contributed by atoms with Crippen LogP contribution in [0.1, 0.15) is 21.7 Å². The van der Waals surface area contributed by atoms with Crippen LogP contribution in [0.4, 0.5) is 0 Å². The van der Waals surface area contributed by atoms with Crippen molar-refractivity contribution in [2.24, 2.45) is 5.73 Å². The number of carbonyl (C=O) groups is 1. The van der Waals surface area contributed by atoms with E-state index in [0.29, 0.717) is 33.7 Å². The van der Waals surface area contributed by atoms with Gasteiger partial charge >= 0.3 is 0 Å². The van der Waals surface area contributed by atoms with Crippen molar-refractivity contribution in [3.05, 3.63) is 87.9 Å². The summed E-state index contributed by atoms with van der Waals surface area (Å²) in [5, 5.41) is 1.23. The van der Waals surface area contributed by atoms with Gasteiger partial charge in [-0.25, -0.2) is 4.98 Å². The van der Waals surface area contributed by atoms with E-state index in [1.54, 1.807) is 48.8 Å². The third kappa shape index (κ3) is 4.18. The molecule has 0 fully saturated rings. The maximum absolute atomic E-state index is 11.2. The van der Waals surface area contributed by atoms with E-state index in [0.717, 1.165) is 16.6 Å². The van der Waals surface area contributed by atoms with Crippen molar-refractivity contribution in [1.82, 2.24) is 14.5 Å². The predicted molar refractivity (Wildman–Crippen MR) is 112 cm³/mol. The normalized spacial score (nSPS) is 11.0. The number of carbonyl (C=O) groups excluding carboxylic acids is 1. The Morgan fingerprint density at radius 2 is 1.90 bits per heavy atom. The lowest BCUT2D eigenvalue weighted by Gasteiger charge is -2.12. The molecule has 0 radical (unpaired) electrons. The fraction of sp³-hybridized carbons (Fsp3) is 0.0952. The number of nitrogens with zero attached hydrogens (tertiary/aromatic N) is 3. The highest BCUT2D eigenvalue weighted by Crippen LogP contribution is 2.25. The van der Waals surface area contributed by atoms with Gasteiger partial charge in [0.25, 0.3) is 0 Å². The molecule has 0 saturated carbocycles. The van der Waals surface area contributed by atoms with Crippen molar-refractivity contribution in [2.75, 3.05) is 0 Å². The third-order valence-electron chi connectivity index (χ3n) is 4.47. The number of amides is 1. The molecule has 2 N–H and O–H groups in total. The number of primary amides is 1. The number of hydrogen-bond acceptors (Lipinski definition) is 4. The van der Waals surface area contributed by atoms with Crippen LogP contribution in [-0.4, -0.2) is 20.4 Å². The highest BCUT2D eigenvalue weighted by molar-refractivity contribution is 6.33. The first-order valence-corrected chi connectivity index (χ1v) is 9.52. The van der Waals surface area contributed by atoms with Gasteiger partial charge in [-0.05, 0) is 54.1 Å². The highest BCUT2D eigenvalue weighted by Gasteiger charge is 2.14. The molecule has 0 bridgehead atoms. The van der Waals surface area contributed by atoms with E-state index >= 15 is 0 Å². The molecule has 0 unspecified atom stereocenters. The van der Waals surface area contributed by atoms with E-state index in [9.17, 15) is 4.79 Å². The molecule has 4 aromatic rings. The molecular weight excluding hydrogens is 411 g/mol. The summed E-state index contributed by atoms with van der Waals surface area (Å²) >= 11 is 12.5. The van der Waals surface area contributed by atoms with Crippen LogP contribution in [-0.2, 0) is 13.2 Å². The number of imidazole rings is 1. The average molecular weight is 427 g/mol. The van der Waals surface area contributed by atoms with E-state index in [1.165, 1.54) is 0 Å². The summed E-state index contributed by atoms with van der Waals surface area (Å²) in [6.07, 6.45) is 3.45. The van der Waals surface area contributed by atoms with Gasteiger partial charge in [0.2, 0.25) is 5.91 Å². The number of ether oxygens (including phenoxy) is 1. The van der Waals surface area contributed by atoms with E-state index in [1.807, 2.05) is 16.7 Å². The Labute approximate surface area is 176 Å². The van der Waals surface area contributed by atoms with Crippen LogP contribution in [0, 0.1) is 0 Å². The second-order valence-electron chi connectivity index (χ2n) is 6.39. The van der Waals surface area contributed by atoms with Crippen molar-refractivity contribution in [3.8, 4) is 5.75 Å². The number of nitrogens with two attached hydrogens (primary N) is 1. The van der Waals surface area contributed by atoms with Crippen LogP contribution in [0.5, 0.6) is 5.75 Å². The Bertz CT molecular complexity index is 1190. The molecule has 0 aliphatic heterocycles. The number of benzene rings is 2. The summed E-state index contributed by atoms with van der Waals surface area (Å²) < 4.78 is 7.87. The van der Waals surface area contributed by atoms with Crippen LogP contribution in [0.25, 0.3) is 11.0 Å². The van der Waals surface area contributed by atoms with Gasteiger partial charge in [0, 0.05) is 21.8 Å². The van der Waals surface area contributed by atoms with Crippen molar-refractivity contribution < 1.29 is 9.53 Å². The topological polar surface area (TPSA) is 83.0 Å². The van der Waals surface area contributed by atoms with Crippen LogP contribution >= 0.6 is 23.2 Å². The molecule has 8 heteroatoms. The van der Waals surface area contributed by atoms with E-state index in [2.05, 4.69) is 9.97 Å². The molecule has 0 spiro atoms. The lowest BCUT2D eigenvalue weighted by atomic mass is 10.2. The van der Waals surface area contributed by atoms with Crippen molar-refractivity contribution in [3.63, 3.8) is 0 Å². The fourth-order valence-corrected chi connectivity index (χ4v) is 3.38. The summed E-state index contributed by atoms with van der Waals surface area (Å²) in [4.78, 5) is 20.1. The minimum Gasteiger partial charge on any atom is -0.486 e. The fourth-order valence-electron chi connectivity index (χ4n) is 3.00. The summed E-state index contributed by atoms with van der Waals surface area (Å²) in [5.74, 6) is 0.833. The Kier molecular flexibility index (Phi) is 5.38. The summed E-state index contributed by atoms with van der Waals surface area (Å²) in [6.45, 7) is 0.698. The lowest BCUT2D eigenvalue weighted by molar-refractivity contribution is 0.1000. The lowest BCUT2D eigenvalue weighted by Crippen LogP contribution is -2.11. The molecule has 0 atom stereocenters. The minimum absolute atomic E-state index is 0.225. The molecule has 6 nitrogen and oxygen atoms in total. The van der Waals surface area contributed by atoms with Gasteiger partial charge in [-0.1, -0.05) is 23.2 Å². The van der Waals surface area contributed by atoms with E-state index in [-0.39, 0.29) is 6.61 Å². The molecule has 2 aromatic carbocycles. The number of pyridine rings is 1. The smallest absolute Gasteiger partial charge is 0.248 e. The van der Waals surface area contributed by atoms with E-state index in [4.69, 9.17) is 33.7 Å². The van der Waals surface area contributed by atoms with Gasteiger partial charge in [-0.3, -0.25) is 9.78 Å². The van der Waals surface area contributed by atoms with E-state index < -0.39 is 5.91 Å². The Balaban J connectivity index is 1.64. The first-order chi connectivity index (χ1) is 14.0. The van der Waals surface area contributed by atoms with Gasteiger partial charge in [-0.15, -0.1) is 0 Å². The number of fused-ring (bicyclic) bond motifs is 1. The number of halogens is 2. The number of hydrogen-bond donors (Lipinski definition) is 1. The van der Waals surface area contributed by atoms with Crippen LogP contribution < -0.4 is 10.5 Å². The molecule has 1 amide bonds. The first kappa shape index (κ1) is 19.2. The minimum atomic E-state index is -0.482. The number of rotatable bonds is 6. The molecule has 2 aromatic heterocycles. The van der Waals surface area contributed by atoms with Gasteiger partial charge < -0.3 is 15.0 Å². The maximum Gasteiger partial charge on any atom is 0.248 e. The molecular formula is C21H16Cl2N4O2. The van der Waals surface area contributed by atoms with Gasteiger partial charge in [0.05, 0.1) is 23.8 Å². The molecule has 4 rings (SSSR count). The standard InChI is InChI=1S/C21H16Cl2N4O2/c22-15-3-6-17(23)14(9-15)11-27-19-10-25-8-7-18(19)26-20(27)12-29-16-4-1-13(2-5-16)21(24)28/h1-10H,11-12H2,(H2,24,28). The third-order valence-corrected chi connectivity index (χ3v) is 5.08. The van der Waals surface area contributed by atoms with Crippen LogP contribution in [0.15, 0.2) is 60.9 Å². The van der Waals surface area contributed by atoms with Crippen molar-refractivity contribution in [2.45, 2.75) is 13.2 Å². The quantitative estimate of drug-likeness (QED) is 0.493. The molecule has 0 saturated heterocycles. The zero-order valence-corrected chi connectivity index (χ0v) is 16.7. The highest BCUT2D eigenvalue weighted by atomic mass is 35.5. The van der Waals surface area contributed by atoms with Crippen LogP contribution in [0.2, 0.25) is 10.0 Å². The average Bonchev–Trinajstić information content (AvgIpc) is 3.07. The SMILES string of the molecule is NC(=O)c1ccc(OCc2nc3ccncc3n2Cc2cc(Cl)ccc2Cl)cc1. The van der Waals surface area contributed by atoms with Crippen LogP contribution in [0.3, 0.4) is 0 Å². The van der Waals surface area contributed by atoms with Gasteiger partial charge in [0.1, 0.15) is 18.2 Å². The molecule has 146 valence electrons. The molecule has 2 heterocycles. The summed E-state index contributed by atoms with van der Waals surface area (Å²) in [7, 11) is 0. The molecule has 29 heavy (non-hydrogen) atoms. The summed E-state index contributed by atoms with van der Waals surface area (Å²) in [5.41, 5.74) is 8.23. The van der Waals surface area contributed by atoms with Crippen molar-refractivity contribution in [1.29, 1.82) is 0 Å². The maximum atomic E-state index is 11.2. The second-order valence-corrected chi connectivity index (χ2v) is 7.24. The zero-order chi connectivity index (χ0) is 20.4. The monoisotopic (exact) mass is 426 g/mol. The van der Waals surface area contributed by atoms with Gasteiger partial charge in [-0.2, -0.15) is 0 Å². The largest absolute Gasteiger partial charge is 0.486 e. The summed E-state index contributed by atoms with van der Waals surface area (Å²) in [6, 6.07) is 13.8. The second kappa shape index (κ2) is 8.11. The number of aromatic nitrogens is 3. The Morgan fingerprint density at radius 1 is 1.10 bits per heavy atom. The zero-order valence-electron chi connectivity index (χ0n) is 15.2. The first-order valence-electron chi connectivity index (χ1n) is 8.77. The molecule has 0 aliphatic rings. The molecule has 0 aliphatic carbocycles. The Morgan fingerprint density at radius 3 is 2.66 bits per heavy atom. The van der Waals surface area contributed by atoms with Crippen molar-refractivity contribution >= 4 is 40.1 Å².